The van der Waals surface area contributed by atoms with Crippen molar-refractivity contribution in [3.05, 3.63) is 66.0 Å². The summed E-state index contributed by atoms with van der Waals surface area (Å²) in [5, 5.41) is 2.47. The number of para-hydroxylation sites is 1. The minimum Gasteiger partial charge on any atom is -0.322 e. The Morgan fingerprint density at radius 3 is 2.33 bits per heavy atom. The van der Waals surface area contributed by atoms with Gasteiger partial charge in [-0.2, -0.15) is 0 Å². The Morgan fingerprint density at radius 2 is 1.67 bits per heavy atom. The maximum absolute atomic E-state index is 13.4. The molecule has 4 heteroatoms. The van der Waals surface area contributed by atoms with Crippen LogP contribution in [0, 0.1) is 5.82 Å². The summed E-state index contributed by atoms with van der Waals surface area (Å²) in [5.74, 6) is -0.919. The van der Waals surface area contributed by atoms with Gasteiger partial charge in [0.05, 0.1) is 5.69 Å². The number of hydrogen-bond acceptors (Lipinski definition) is 2. The number of nitrogens with two attached hydrogens (primary N) is 1. The molecule has 0 saturated carbocycles. The van der Waals surface area contributed by atoms with E-state index in [1.807, 2.05) is 6.07 Å². The Hall–Kier alpha value is -2.20. The van der Waals surface area contributed by atoms with E-state index < -0.39 is 17.8 Å². The molecule has 0 radical (unpaired) electrons. The summed E-state index contributed by atoms with van der Waals surface area (Å²) < 4.78 is 13.4. The monoisotopic (exact) mass is 244 g/mol. The predicted molar refractivity (Wildman–Crippen MR) is 68.4 cm³/mol. The van der Waals surface area contributed by atoms with Gasteiger partial charge in [0.2, 0.25) is 5.91 Å². The van der Waals surface area contributed by atoms with Crippen molar-refractivity contribution in [2.24, 2.45) is 5.73 Å². The molecule has 0 fully saturated rings. The maximum Gasteiger partial charge on any atom is 0.245 e. The molecule has 2 aromatic carbocycles. The minimum atomic E-state index is -0.814. The van der Waals surface area contributed by atoms with Crippen LogP contribution in [-0.4, -0.2) is 5.91 Å². The van der Waals surface area contributed by atoms with Crippen LogP contribution >= 0.6 is 0 Å². The Balaban J connectivity index is 2.12. The number of benzene rings is 2. The molecule has 3 N–H and O–H groups in total. The molecule has 0 spiro atoms. The van der Waals surface area contributed by atoms with Crippen molar-refractivity contribution < 1.29 is 9.18 Å². The molecule has 0 aromatic heterocycles. The zero-order chi connectivity index (χ0) is 13.0. The van der Waals surface area contributed by atoms with Crippen molar-refractivity contribution in [2.45, 2.75) is 6.04 Å². The van der Waals surface area contributed by atoms with Gasteiger partial charge in [-0.3, -0.25) is 4.79 Å². The van der Waals surface area contributed by atoms with Gasteiger partial charge in [-0.05, 0) is 17.7 Å². The van der Waals surface area contributed by atoms with Gasteiger partial charge in [-0.15, -0.1) is 0 Å². The van der Waals surface area contributed by atoms with E-state index in [9.17, 15) is 9.18 Å². The lowest BCUT2D eigenvalue weighted by Crippen LogP contribution is -2.28. The third kappa shape index (κ3) is 2.73. The van der Waals surface area contributed by atoms with Crippen LogP contribution in [0.15, 0.2) is 54.6 Å². The first kappa shape index (κ1) is 12.3. The summed E-state index contributed by atoms with van der Waals surface area (Å²) in [7, 11) is 0. The van der Waals surface area contributed by atoms with E-state index in [0.717, 1.165) is 0 Å². The molecule has 0 saturated heterocycles. The van der Waals surface area contributed by atoms with E-state index in [2.05, 4.69) is 5.32 Å². The summed E-state index contributed by atoms with van der Waals surface area (Å²) in [6.07, 6.45) is 0. The van der Waals surface area contributed by atoms with Gasteiger partial charge in [0.1, 0.15) is 11.9 Å². The molecule has 0 heterocycles. The molecule has 2 aromatic rings. The van der Waals surface area contributed by atoms with E-state index in [0.29, 0.717) is 5.56 Å². The molecule has 0 aliphatic rings. The Bertz CT molecular complexity index is 543. The van der Waals surface area contributed by atoms with E-state index in [1.165, 1.54) is 12.1 Å². The molecule has 92 valence electrons. The minimum absolute atomic E-state index is 0.133. The van der Waals surface area contributed by atoms with Crippen LogP contribution in [0.3, 0.4) is 0 Å². The highest BCUT2D eigenvalue weighted by atomic mass is 19.1. The standard InChI is InChI=1S/C14H13FN2O/c15-11-8-4-5-9-12(11)17-14(18)13(16)10-6-2-1-3-7-10/h1-9,13H,16H2,(H,17,18). The second kappa shape index (κ2) is 5.42. The van der Waals surface area contributed by atoms with Gasteiger partial charge in [-0.1, -0.05) is 42.5 Å². The molecule has 18 heavy (non-hydrogen) atoms. The zero-order valence-corrected chi connectivity index (χ0v) is 9.64. The fourth-order valence-corrected chi connectivity index (χ4v) is 1.58. The molecule has 0 aliphatic carbocycles. The molecular formula is C14H13FN2O. The van der Waals surface area contributed by atoms with E-state index in [4.69, 9.17) is 5.73 Å². The van der Waals surface area contributed by atoms with Gasteiger partial charge >= 0.3 is 0 Å². The average Bonchev–Trinajstić information content (AvgIpc) is 2.41. The first-order valence-corrected chi connectivity index (χ1v) is 5.54. The summed E-state index contributed by atoms with van der Waals surface area (Å²) in [4.78, 5) is 11.9. The lowest BCUT2D eigenvalue weighted by Gasteiger charge is -2.12. The number of amides is 1. The molecule has 0 bridgehead atoms. The van der Waals surface area contributed by atoms with E-state index in [-0.39, 0.29) is 5.69 Å². The summed E-state index contributed by atoms with van der Waals surface area (Å²) in [5.41, 5.74) is 6.62. The van der Waals surface area contributed by atoms with Gasteiger partial charge in [0, 0.05) is 0 Å². The van der Waals surface area contributed by atoms with Crippen molar-refractivity contribution in [3.8, 4) is 0 Å². The summed E-state index contributed by atoms with van der Waals surface area (Å²) in [6, 6.07) is 14.1. The first-order valence-electron chi connectivity index (χ1n) is 5.54. The van der Waals surface area contributed by atoms with Crippen molar-refractivity contribution in [3.63, 3.8) is 0 Å². The summed E-state index contributed by atoms with van der Waals surface area (Å²) in [6.45, 7) is 0. The van der Waals surface area contributed by atoms with E-state index >= 15 is 0 Å². The Kier molecular flexibility index (Phi) is 3.69. The van der Waals surface area contributed by atoms with Crippen molar-refractivity contribution in [2.75, 3.05) is 5.32 Å². The third-order valence-corrected chi connectivity index (χ3v) is 2.57. The summed E-state index contributed by atoms with van der Waals surface area (Å²) >= 11 is 0. The molecule has 0 aliphatic heterocycles. The quantitative estimate of drug-likeness (QED) is 0.871. The van der Waals surface area contributed by atoms with Crippen molar-refractivity contribution in [1.82, 2.24) is 0 Å². The highest BCUT2D eigenvalue weighted by Crippen LogP contribution is 2.16. The number of hydrogen-bond donors (Lipinski definition) is 2. The molecule has 1 atom stereocenters. The maximum atomic E-state index is 13.4. The van der Waals surface area contributed by atoms with Gasteiger partial charge < -0.3 is 11.1 Å². The topological polar surface area (TPSA) is 55.1 Å². The normalized spacial score (nSPS) is 11.9. The zero-order valence-electron chi connectivity index (χ0n) is 9.64. The SMILES string of the molecule is NC(C(=O)Nc1ccccc1F)c1ccccc1. The van der Waals surface area contributed by atoms with Crippen LogP contribution in [0.5, 0.6) is 0 Å². The highest BCUT2D eigenvalue weighted by Gasteiger charge is 2.16. The largest absolute Gasteiger partial charge is 0.322 e. The number of carbonyl (C=O) groups excluding carboxylic acids is 1. The second-order valence-electron chi connectivity index (χ2n) is 3.86. The Morgan fingerprint density at radius 1 is 1.06 bits per heavy atom. The van der Waals surface area contributed by atoms with Crippen LogP contribution in [0.2, 0.25) is 0 Å². The number of rotatable bonds is 3. The van der Waals surface area contributed by atoms with Gasteiger partial charge in [-0.25, -0.2) is 4.39 Å². The van der Waals surface area contributed by atoms with E-state index in [1.54, 1.807) is 36.4 Å². The van der Waals surface area contributed by atoms with Crippen LogP contribution in [0.1, 0.15) is 11.6 Å². The van der Waals surface area contributed by atoms with Gasteiger partial charge in [0.25, 0.3) is 0 Å². The molecule has 2 rings (SSSR count). The molecular weight excluding hydrogens is 231 g/mol. The number of nitrogens with one attached hydrogen (secondary N) is 1. The second-order valence-corrected chi connectivity index (χ2v) is 3.86. The predicted octanol–water partition coefficient (Wildman–Crippen LogP) is 2.46. The van der Waals surface area contributed by atoms with Crippen LogP contribution < -0.4 is 11.1 Å². The number of anilines is 1. The average molecular weight is 244 g/mol. The fourth-order valence-electron chi connectivity index (χ4n) is 1.58. The molecule has 3 nitrogen and oxygen atoms in total. The highest BCUT2D eigenvalue weighted by molar-refractivity contribution is 5.95. The lowest BCUT2D eigenvalue weighted by atomic mass is 10.1. The molecule has 1 unspecified atom stereocenters. The van der Waals surface area contributed by atoms with Crippen LogP contribution in [0.4, 0.5) is 10.1 Å². The lowest BCUT2D eigenvalue weighted by molar-refractivity contribution is -0.117. The Labute approximate surface area is 104 Å². The molecule has 1 amide bonds. The number of halogens is 1. The van der Waals surface area contributed by atoms with Gasteiger partial charge in [0.15, 0.2) is 0 Å². The number of carbonyl (C=O) groups is 1. The van der Waals surface area contributed by atoms with Crippen molar-refractivity contribution in [1.29, 1.82) is 0 Å². The van der Waals surface area contributed by atoms with Crippen LogP contribution in [0.25, 0.3) is 0 Å². The van der Waals surface area contributed by atoms with Crippen molar-refractivity contribution >= 4 is 11.6 Å². The third-order valence-electron chi connectivity index (χ3n) is 2.57. The fraction of sp³-hybridized carbons (Fsp3) is 0.0714. The first-order chi connectivity index (χ1) is 8.68. The smallest absolute Gasteiger partial charge is 0.245 e. The van der Waals surface area contributed by atoms with Crippen LogP contribution in [-0.2, 0) is 4.79 Å².